The number of alkyl halides is 3. The zero-order valence-corrected chi connectivity index (χ0v) is 8.49. The lowest BCUT2D eigenvalue weighted by molar-refractivity contribution is 0.397. The number of hydrogen-bond donors (Lipinski definition) is 0. The first-order valence-corrected chi connectivity index (χ1v) is 4.24. The molecular formula is C7H6Cl3NO. The summed E-state index contributed by atoms with van der Waals surface area (Å²) in [6, 6.07) is 3.29. The summed E-state index contributed by atoms with van der Waals surface area (Å²) in [7, 11) is 1.53. The monoisotopic (exact) mass is 225 g/mol. The van der Waals surface area contributed by atoms with Crippen LogP contribution in [0.25, 0.3) is 0 Å². The van der Waals surface area contributed by atoms with E-state index in [0.29, 0.717) is 11.4 Å². The molecule has 0 spiro atoms. The van der Waals surface area contributed by atoms with Gasteiger partial charge in [-0.15, -0.1) is 0 Å². The van der Waals surface area contributed by atoms with Gasteiger partial charge in [-0.2, -0.15) is 0 Å². The maximum absolute atomic E-state index is 5.60. The van der Waals surface area contributed by atoms with Crippen LogP contribution in [-0.2, 0) is 3.79 Å². The zero-order chi connectivity index (χ0) is 9.19. The molecule has 1 heterocycles. The van der Waals surface area contributed by atoms with Gasteiger partial charge in [0.05, 0.1) is 7.11 Å². The van der Waals surface area contributed by atoms with Gasteiger partial charge in [0.1, 0.15) is 0 Å². The fourth-order valence-corrected chi connectivity index (χ4v) is 1.00. The number of nitrogens with zero attached hydrogens (tertiary/aromatic N) is 1. The van der Waals surface area contributed by atoms with Crippen LogP contribution in [0.15, 0.2) is 18.3 Å². The van der Waals surface area contributed by atoms with Gasteiger partial charge in [-0.25, -0.2) is 4.98 Å². The van der Waals surface area contributed by atoms with Crippen molar-refractivity contribution in [2.45, 2.75) is 3.79 Å². The number of methoxy groups -OCH3 is 1. The van der Waals surface area contributed by atoms with Gasteiger partial charge in [0, 0.05) is 17.8 Å². The van der Waals surface area contributed by atoms with Crippen molar-refractivity contribution in [3.05, 3.63) is 23.9 Å². The average molecular weight is 226 g/mol. The second-order valence-electron chi connectivity index (χ2n) is 2.09. The van der Waals surface area contributed by atoms with Crippen LogP contribution in [0.3, 0.4) is 0 Å². The van der Waals surface area contributed by atoms with Gasteiger partial charge in [0.2, 0.25) is 9.67 Å². The van der Waals surface area contributed by atoms with Gasteiger partial charge in [0.15, 0.2) is 0 Å². The fourth-order valence-electron chi connectivity index (χ4n) is 0.669. The normalized spacial score (nSPS) is 11.3. The minimum Gasteiger partial charge on any atom is -0.481 e. The molecule has 1 rings (SSSR count). The molecule has 12 heavy (non-hydrogen) atoms. The Bertz CT molecular complexity index is 254. The van der Waals surface area contributed by atoms with E-state index in [2.05, 4.69) is 4.98 Å². The van der Waals surface area contributed by atoms with E-state index < -0.39 is 3.79 Å². The van der Waals surface area contributed by atoms with Crippen molar-refractivity contribution in [1.29, 1.82) is 0 Å². The molecule has 0 aliphatic rings. The molecule has 66 valence electrons. The average Bonchev–Trinajstić information content (AvgIpc) is 2.03. The number of pyridine rings is 1. The van der Waals surface area contributed by atoms with Crippen LogP contribution in [0.5, 0.6) is 5.88 Å². The number of rotatable bonds is 1. The molecule has 0 aromatic carbocycles. The Morgan fingerprint density at radius 3 is 2.33 bits per heavy atom. The van der Waals surface area contributed by atoms with E-state index in [-0.39, 0.29) is 0 Å². The van der Waals surface area contributed by atoms with Gasteiger partial charge in [-0.1, -0.05) is 34.8 Å². The molecule has 1 aromatic heterocycles. The van der Waals surface area contributed by atoms with Crippen molar-refractivity contribution in [3.8, 4) is 5.88 Å². The van der Waals surface area contributed by atoms with Crippen LogP contribution in [0.4, 0.5) is 0 Å². The van der Waals surface area contributed by atoms with E-state index in [1.165, 1.54) is 13.3 Å². The molecule has 1 aromatic rings. The first kappa shape index (κ1) is 9.90. The lowest BCUT2D eigenvalue weighted by Crippen LogP contribution is -2.00. The van der Waals surface area contributed by atoms with Crippen molar-refractivity contribution in [1.82, 2.24) is 4.98 Å². The highest BCUT2D eigenvalue weighted by molar-refractivity contribution is 6.66. The maximum Gasteiger partial charge on any atom is 0.217 e. The summed E-state index contributed by atoms with van der Waals surface area (Å²) in [4.78, 5) is 3.89. The molecule has 0 radical (unpaired) electrons. The van der Waals surface area contributed by atoms with Gasteiger partial charge in [-0.05, 0) is 6.07 Å². The van der Waals surface area contributed by atoms with Crippen molar-refractivity contribution in [2.24, 2.45) is 0 Å². The summed E-state index contributed by atoms with van der Waals surface area (Å²) in [6.45, 7) is 0. The molecule has 0 unspecified atom stereocenters. The molecule has 0 N–H and O–H groups in total. The lowest BCUT2D eigenvalue weighted by atomic mass is 10.3. The second kappa shape index (κ2) is 3.69. The Hall–Kier alpha value is -0.180. The van der Waals surface area contributed by atoms with Crippen LogP contribution < -0.4 is 4.74 Å². The van der Waals surface area contributed by atoms with Crippen molar-refractivity contribution in [3.63, 3.8) is 0 Å². The number of hydrogen-bond acceptors (Lipinski definition) is 2. The van der Waals surface area contributed by atoms with Crippen molar-refractivity contribution in [2.75, 3.05) is 7.11 Å². The number of ether oxygens (including phenoxy) is 1. The van der Waals surface area contributed by atoms with Crippen molar-refractivity contribution >= 4 is 34.8 Å². The van der Waals surface area contributed by atoms with E-state index in [0.717, 1.165) is 0 Å². The number of halogens is 3. The zero-order valence-electron chi connectivity index (χ0n) is 6.22. The molecule has 0 fully saturated rings. The van der Waals surface area contributed by atoms with Crippen LogP contribution >= 0.6 is 34.8 Å². The fraction of sp³-hybridized carbons (Fsp3) is 0.286. The molecule has 0 saturated carbocycles. The van der Waals surface area contributed by atoms with E-state index >= 15 is 0 Å². The van der Waals surface area contributed by atoms with E-state index in [9.17, 15) is 0 Å². The van der Waals surface area contributed by atoms with E-state index in [1.54, 1.807) is 12.1 Å². The van der Waals surface area contributed by atoms with Gasteiger partial charge >= 0.3 is 0 Å². The molecule has 0 saturated heterocycles. The third-order valence-corrected chi connectivity index (χ3v) is 1.93. The standard InChI is InChI=1S/C7H6Cl3NO/c1-12-6-3-2-5(4-11-6)7(8,9)10/h2-4H,1H3. The Kier molecular flexibility index (Phi) is 3.04. The lowest BCUT2D eigenvalue weighted by Gasteiger charge is -2.10. The first-order valence-electron chi connectivity index (χ1n) is 3.11. The smallest absolute Gasteiger partial charge is 0.217 e. The Morgan fingerprint density at radius 1 is 1.33 bits per heavy atom. The molecule has 0 aliphatic heterocycles. The summed E-state index contributed by atoms with van der Waals surface area (Å²) in [5.74, 6) is 0.494. The highest BCUT2D eigenvalue weighted by Crippen LogP contribution is 2.37. The molecule has 5 heteroatoms. The quantitative estimate of drug-likeness (QED) is 0.687. The molecular weight excluding hydrogens is 220 g/mol. The number of aromatic nitrogens is 1. The topological polar surface area (TPSA) is 22.1 Å². The summed E-state index contributed by atoms with van der Waals surface area (Å²) >= 11 is 16.8. The first-order chi connectivity index (χ1) is 5.54. The van der Waals surface area contributed by atoms with Gasteiger partial charge < -0.3 is 4.74 Å². The van der Waals surface area contributed by atoms with Crippen LogP contribution in [0.1, 0.15) is 5.56 Å². The Balaban J connectivity index is 2.93. The summed E-state index contributed by atoms with van der Waals surface area (Å²) in [6.07, 6.45) is 1.46. The predicted octanol–water partition coefficient (Wildman–Crippen LogP) is 2.92. The highest BCUT2D eigenvalue weighted by Gasteiger charge is 2.22. The summed E-state index contributed by atoms with van der Waals surface area (Å²) in [5.41, 5.74) is 0.522. The summed E-state index contributed by atoms with van der Waals surface area (Å²) in [5, 5.41) is 0. The van der Waals surface area contributed by atoms with E-state index in [4.69, 9.17) is 39.5 Å². The molecule has 0 bridgehead atoms. The molecule has 0 atom stereocenters. The third-order valence-electron chi connectivity index (χ3n) is 1.27. The van der Waals surface area contributed by atoms with Crippen molar-refractivity contribution < 1.29 is 4.74 Å². The van der Waals surface area contributed by atoms with Gasteiger partial charge in [-0.3, -0.25) is 0 Å². The highest BCUT2D eigenvalue weighted by atomic mass is 35.6. The second-order valence-corrected chi connectivity index (χ2v) is 4.37. The molecule has 0 aliphatic carbocycles. The maximum atomic E-state index is 5.60. The Morgan fingerprint density at radius 2 is 2.00 bits per heavy atom. The predicted molar refractivity (Wildman–Crippen MR) is 50.0 cm³/mol. The Labute approximate surface area is 85.4 Å². The minimum atomic E-state index is -1.42. The molecule has 0 amide bonds. The SMILES string of the molecule is COc1ccc(C(Cl)(Cl)Cl)cn1. The van der Waals surface area contributed by atoms with Crippen LogP contribution in [0.2, 0.25) is 0 Å². The molecule has 2 nitrogen and oxygen atoms in total. The van der Waals surface area contributed by atoms with Gasteiger partial charge in [0.25, 0.3) is 0 Å². The summed E-state index contributed by atoms with van der Waals surface area (Å²) < 4.78 is 3.42. The third kappa shape index (κ3) is 2.41. The largest absolute Gasteiger partial charge is 0.481 e. The van der Waals surface area contributed by atoms with E-state index in [1.807, 2.05) is 0 Å². The van der Waals surface area contributed by atoms with Crippen LogP contribution in [-0.4, -0.2) is 12.1 Å². The van der Waals surface area contributed by atoms with Crippen LogP contribution in [0, 0.1) is 0 Å². The minimum absolute atomic E-state index is 0.494.